The molecule has 1 fully saturated rings. The number of benzene rings is 3. The average molecular weight is 566 g/mol. The van der Waals surface area contributed by atoms with E-state index in [9.17, 15) is 14.4 Å². The number of methoxy groups -OCH3 is 1. The van der Waals surface area contributed by atoms with Crippen molar-refractivity contribution in [3.05, 3.63) is 101 Å². The molecule has 1 aliphatic rings. The van der Waals surface area contributed by atoms with Crippen molar-refractivity contribution < 1.29 is 19.1 Å². The number of rotatable bonds is 8. The molecule has 1 saturated heterocycles. The molecule has 6 rings (SSSR count). The number of carbonyl (C=O) groups is 2. The predicted octanol–water partition coefficient (Wildman–Crippen LogP) is 4.73. The van der Waals surface area contributed by atoms with Crippen LogP contribution in [-0.2, 0) is 10.3 Å². The Morgan fingerprint density at radius 1 is 1.02 bits per heavy atom. The molecule has 0 radical (unpaired) electrons. The molecule has 2 N–H and O–H groups in total. The normalized spacial score (nSPS) is 14.0. The molecule has 3 heterocycles. The first-order valence-electron chi connectivity index (χ1n) is 13.9. The van der Waals surface area contributed by atoms with Crippen LogP contribution in [0.4, 0.5) is 4.79 Å². The summed E-state index contributed by atoms with van der Waals surface area (Å²) in [7, 11) is 1.58. The third-order valence-corrected chi connectivity index (χ3v) is 7.66. The summed E-state index contributed by atoms with van der Waals surface area (Å²) < 4.78 is 12.1. The second kappa shape index (κ2) is 11.0. The van der Waals surface area contributed by atoms with Gasteiger partial charge in [-0.15, -0.1) is 0 Å². The van der Waals surface area contributed by atoms with Gasteiger partial charge in [0, 0.05) is 11.6 Å². The number of likely N-dealkylation sites (tertiary alicyclic amines) is 1. The van der Waals surface area contributed by atoms with Crippen LogP contribution in [0.3, 0.4) is 0 Å². The molecule has 0 aliphatic carbocycles. The maximum Gasteiger partial charge on any atom is 0.409 e. The number of aromatic amines is 1. The van der Waals surface area contributed by atoms with Gasteiger partial charge in [-0.25, -0.2) is 9.31 Å². The zero-order chi connectivity index (χ0) is 29.3. The van der Waals surface area contributed by atoms with Crippen LogP contribution in [0, 0.1) is 0 Å². The number of hydrogen-bond donors (Lipinski definition) is 2. The zero-order valence-corrected chi connectivity index (χ0v) is 23.4. The highest BCUT2D eigenvalue weighted by Crippen LogP contribution is 2.34. The molecular weight excluding hydrogens is 534 g/mol. The van der Waals surface area contributed by atoms with E-state index in [-0.39, 0.29) is 29.9 Å². The van der Waals surface area contributed by atoms with Crippen molar-refractivity contribution in [2.24, 2.45) is 0 Å². The topological polar surface area (TPSA) is 118 Å². The van der Waals surface area contributed by atoms with Gasteiger partial charge >= 0.3 is 6.09 Å². The van der Waals surface area contributed by atoms with Gasteiger partial charge in [0.2, 0.25) is 0 Å². The number of fused-ring (bicyclic) bond motifs is 2. The molecule has 10 nitrogen and oxygen atoms in total. The number of aromatic nitrogens is 3. The molecule has 2 aromatic heterocycles. The summed E-state index contributed by atoms with van der Waals surface area (Å²) in [4.78, 5) is 43.6. The van der Waals surface area contributed by atoms with Gasteiger partial charge < -0.3 is 24.7 Å². The van der Waals surface area contributed by atoms with Gasteiger partial charge in [0.05, 0.1) is 38.7 Å². The van der Waals surface area contributed by atoms with E-state index in [0.717, 1.165) is 34.7 Å². The fraction of sp³-hybridized carbons (Fsp3) is 0.250. The Morgan fingerprint density at radius 2 is 1.79 bits per heavy atom. The summed E-state index contributed by atoms with van der Waals surface area (Å²) >= 11 is 0. The second-order valence-electron chi connectivity index (χ2n) is 10.5. The van der Waals surface area contributed by atoms with E-state index in [0.29, 0.717) is 18.1 Å². The van der Waals surface area contributed by atoms with E-state index in [1.165, 1.54) is 10.6 Å². The lowest BCUT2D eigenvalue weighted by Gasteiger charge is -2.49. The van der Waals surface area contributed by atoms with Gasteiger partial charge in [-0.05, 0) is 41.0 Å². The summed E-state index contributed by atoms with van der Waals surface area (Å²) in [5, 5.41) is 9.67. The summed E-state index contributed by atoms with van der Waals surface area (Å²) in [5.74, 6) is 0.220. The van der Waals surface area contributed by atoms with E-state index in [2.05, 4.69) is 15.4 Å². The Bertz CT molecular complexity index is 1840. The Hall–Kier alpha value is -5.12. The van der Waals surface area contributed by atoms with Crippen LogP contribution in [0.15, 0.2) is 83.8 Å². The maximum absolute atomic E-state index is 13.6. The van der Waals surface area contributed by atoms with Crippen molar-refractivity contribution in [2.45, 2.75) is 25.3 Å². The number of nitrogens with zero attached hydrogens (tertiary/aromatic N) is 3. The summed E-state index contributed by atoms with van der Waals surface area (Å²) in [6, 6.07) is 22.7. The summed E-state index contributed by atoms with van der Waals surface area (Å²) in [6.45, 7) is 2.84. The number of ether oxygens (including phenoxy) is 2. The minimum absolute atomic E-state index is 0.0908. The zero-order valence-electron chi connectivity index (χ0n) is 23.4. The second-order valence-corrected chi connectivity index (χ2v) is 10.5. The van der Waals surface area contributed by atoms with Crippen molar-refractivity contribution in [1.82, 2.24) is 24.8 Å². The molecule has 5 aromatic rings. The lowest BCUT2D eigenvalue weighted by atomic mass is 9.82. The van der Waals surface area contributed by atoms with Crippen molar-refractivity contribution >= 4 is 28.3 Å². The first-order valence-corrected chi connectivity index (χ1v) is 13.9. The fourth-order valence-electron chi connectivity index (χ4n) is 5.27. The molecule has 1 aliphatic heterocycles. The molecule has 10 heteroatoms. The minimum Gasteiger partial charge on any atom is -0.497 e. The number of unbranched alkanes of at least 4 members (excludes halogenated alkanes) is 1. The van der Waals surface area contributed by atoms with E-state index in [1.807, 2.05) is 73.7 Å². The number of carbonyl (C=O) groups excluding carboxylic acids is 2. The molecule has 0 atom stereocenters. The Labute approximate surface area is 241 Å². The maximum atomic E-state index is 13.6. The number of amides is 2. The Balaban J connectivity index is 1.27. The third-order valence-electron chi connectivity index (χ3n) is 7.66. The smallest absolute Gasteiger partial charge is 0.409 e. The van der Waals surface area contributed by atoms with Crippen LogP contribution >= 0.6 is 0 Å². The molecule has 42 heavy (non-hydrogen) atoms. The fourth-order valence-corrected chi connectivity index (χ4v) is 5.27. The predicted molar refractivity (Wildman–Crippen MR) is 159 cm³/mol. The lowest BCUT2D eigenvalue weighted by molar-refractivity contribution is 0.0207. The Morgan fingerprint density at radius 3 is 2.52 bits per heavy atom. The van der Waals surface area contributed by atoms with Gasteiger partial charge in [-0.2, -0.15) is 5.10 Å². The summed E-state index contributed by atoms with van der Waals surface area (Å²) in [6.07, 6.45) is 3.00. The van der Waals surface area contributed by atoms with Crippen molar-refractivity contribution in [3.63, 3.8) is 0 Å². The summed E-state index contributed by atoms with van der Waals surface area (Å²) in [5.41, 5.74) is 1.35. The third kappa shape index (κ3) is 5.07. The monoisotopic (exact) mass is 565 g/mol. The van der Waals surface area contributed by atoms with E-state index in [4.69, 9.17) is 9.47 Å². The molecule has 214 valence electrons. The molecule has 0 unspecified atom stereocenters. The molecular formula is C32H31N5O5. The average Bonchev–Trinajstić information content (AvgIpc) is 3.44. The molecule has 0 bridgehead atoms. The highest BCUT2D eigenvalue weighted by atomic mass is 16.6. The largest absolute Gasteiger partial charge is 0.497 e. The van der Waals surface area contributed by atoms with Gasteiger partial charge in [-0.3, -0.25) is 9.59 Å². The molecule has 2 amide bonds. The van der Waals surface area contributed by atoms with E-state index in [1.54, 1.807) is 18.2 Å². The van der Waals surface area contributed by atoms with E-state index < -0.39 is 17.5 Å². The van der Waals surface area contributed by atoms with Gasteiger partial charge in [-0.1, -0.05) is 61.9 Å². The highest BCUT2D eigenvalue weighted by molar-refractivity contribution is 5.94. The first kappa shape index (κ1) is 27.1. The van der Waals surface area contributed by atoms with Crippen molar-refractivity contribution in [2.75, 3.05) is 26.8 Å². The molecule has 0 spiro atoms. The van der Waals surface area contributed by atoms with Crippen molar-refractivity contribution in [3.8, 4) is 17.0 Å². The highest BCUT2D eigenvalue weighted by Gasteiger charge is 2.48. The number of hydrogen-bond acceptors (Lipinski definition) is 6. The molecule has 0 saturated carbocycles. The standard InChI is InChI=1S/C32H31N5O5/c1-3-4-15-42-31(40)36-19-32(20-36,24-11-13-25(41-2)14-12-24)34-29(38)26-17-28-30(39)33-27(18-37(28)35-26)23-10-9-21-7-5-6-8-22(21)16-23/h5-14,16-18H,3-4,15,19-20H2,1-2H3,(H,33,39)(H,34,38). The van der Waals surface area contributed by atoms with Crippen LogP contribution < -0.4 is 15.6 Å². The Kier molecular flexibility index (Phi) is 7.12. The van der Waals surface area contributed by atoms with Crippen LogP contribution in [0.5, 0.6) is 5.75 Å². The first-order chi connectivity index (χ1) is 20.4. The van der Waals surface area contributed by atoms with Crippen LogP contribution in [0.2, 0.25) is 0 Å². The number of nitrogens with one attached hydrogen (secondary N) is 2. The minimum atomic E-state index is -0.856. The SMILES string of the molecule is CCCCOC(=O)N1CC(NC(=O)c2cc3c(=O)[nH]c(-c4ccc5ccccc5c4)cn3n2)(c2ccc(OC)cc2)C1. The van der Waals surface area contributed by atoms with Gasteiger partial charge in [0.25, 0.3) is 11.5 Å². The number of H-pyrrole nitrogens is 1. The quantitative estimate of drug-likeness (QED) is 0.263. The molecule has 3 aromatic carbocycles. The van der Waals surface area contributed by atoms with Gasteiger partial charge in [0.1, 0.15) is 16.8 Å². The van der Waals surface area contributed by atoms with Crippen LogP contribution in [0.25, 0.3) is 27.5 Å². The van der Waals surface area contributed by atoms with Crippen LogP contribution in [-0.4, -0.2) is 58.3 Å². The van der Waals surface area contributed by atoms with Crippen LogP contribution in [0.1, 0.15) is 35.8 Å². The van der Waals surface area contributed by atoms with Crippen molar-refractivity contribution in [1.29, 1.82) is 0 Å². The van der Waals surface area contributed by atoms with E-state index >= 15 is 0 Å². The van der Waals surface area contributed by atoms with Gasteiger partial charge in [0.15, 0.2) is 5.69 Å². The lowest BCUT2D eigenvalue weighted by Crippen LogP contribution is -2.69.